The minimum atomic E-state index is -0.765. The lowest BCUT2D eigenvalue weighted by molar-refractivity contribution is -0.145. The van der Waals surface area contributed by atoms with Crippen molar-refractivity contribution in [3.8, 4) is 0 Å². The van der Waals surface area contributed by atoms with E-state index >= 15 is 0 Å². The number of ether oxygens (including phenoxy) is 1. The molecule has 4 nitrogen and oxygen atoms in total. The third-order valence-electron chi connectivity index (χ3n) is 3.88. The van der Waals surface area contributed by atoms with Gasteiger partial charge in [0.25, 0.3) is 0 Å². The molecule has 0 heterocycles. The maximum Gasteiger partial charge on any atom is 0.323 e. The molecule has 1 unspecified atom stereocenters. The van der Waals surface area contributed by atoms with E-state index in [4.69, 9.17) is 4.74 Å². The minimum Gasteiger partial charge on any atom is -0.480 e. The number of rotatable bonds is 10. The van der Waals surface area contributed by atoms with E-state index in [0.29, 0.717) is 25.6 Å². The van der Waals surface area contributed by atoms with Gasteiger partial charge in [-0.2, -0.15) is 0 Å². The molecule has 1 saturated carbocycles. The van der Waals surface area contributed by atoms with E-state index < -0.39 is 11.5 Å². The third-order valence-corrected chi connectivity index (χ3v) is 3.88. The summed E-state index contributed by atoms with van der Waals surface area (Å²) in [5.41, 5.74) is -0.765. The lowest BCUT2D eigenvalue weighted by atomic mass is 9.90. The van der Waals surface area contributed by atoms with Gasteiger partial charge in [-0.3, -0.25) is 4.79 Å². The number of hydrogen-bond acceptors (Lipinski definition) is 3. The van der Waals surface area contributed by atoms with Gasteiger partial charge in [0.1, 0.15) is 5.54 Å². The normalized spacial score (nSPS) is 19.2. The summed E-state index contributed by atoms with van der Waals surface area (Å²) in [5, 5.41) is 12.6. The van der Waals surface area contributed by atoms with Crippen molar-refractivity contribution in [1.29, 1.82) is 0 Å². The van der Waals surface area contributed by atoms with Crippen LogP contribution in [0, 0.1) is 0 Å². The highest BCUT2D eigenvalue weighted by atomic mass is 16.5. The lowest BCUT2D eigenvalue weighted by Crippen LogP contribution is -2.52. The van der Waals surface area contributed by atoms with Gasteiger partial charge in [-0.1, -0.05) is 13.8 Å². The van der Waals surface area contributed by atoms with Crippen LogP contribution < -0.4 is 5.32 Å². The number of carboxylic acids is 1. The molecule has 0 radical (unpaired) electrons. The lowest BCUT2D eigenvalue weighted by Gasteiger charge is -2.30. The van der Waals surface area contributed by atoms with Crippen LogP contribution in [0.5, 0.6) is 0 Å². The van der Waals surface area contributed by atoms with E-state index in [2.05, 4.69) is 12.2 Å². The molecular formula is C14H27NO3. The highest BCUT2D eigenvalue weighted by Gasteiger charge is 2.35. The molecule has 0 amide bonds. The molecule has 0 spiro atoms. The SMILES string of the molecule is CCCNC(CC)(CCCOC1CCC1)C(=O)O. The van der Waals surface area contributed by atoms with E-state index in [1.165, 1.54) is 19.3 Å². The first-order chi connectivity index (χ1) is 8.64. The molecule has 0 bridgehead atoms. The number of hydrogen-bond donors (Lipinski definition) is 2. The van der Waals surface area contributed by atoms with Crippen molar-refractivity contribution in [2.75, 3.05) is 13.2 Å². The summed E-state index contributed by atoms with van der Waals surface area (Å²) in [6.07, 6.45) is 7.09. The van der Waals surface area contributed by atoms with Crippen molar-refractivity contribution in [3.63, 3.8) is 0 Å². The monoisotopic (exact) mass is 257 g/mol. The maximum absolute atomic E-state index is 11.5. The third kappa shape index (κ3) is 4.25. The van der Waals surface area contributed by atoms with E-state index in [0.717, 1.165) is 19.4 Å². The summed E-state index contributed by atoms with van der Waals surface area (Å²) in [4.78, 5) is 11.5. The molecule has 0 saturated heterocycles. The van der Waals surface area contributed by atoms with Gasteiger partial charge in [-0.05, 0) is 51.5 Å². The molecule has 18 heavy (non-hydrogen) atoms. The van der Waals surface area contributed by atoms with Crippen molar-refractivity contribution in [3.05, 3.63) is 0 Å². The Morgan fingerprint density at radius 3 is 2.61 bits per heavy atom. The maximum atomic E-state index is 11.5. The van der Waals surface area contributed by atoms with Crippen LogP contribution in [0.2, 0.25) is 0 Å². The minimum absolute atomic E-state index is 0.439. The standard InChI is InChI=1S/C14H27NO3/c1-3-10-15-14(4-2,13(16)17)9-6-11-18-12-7-5-8-12/h12,15H,3-11H2,1-2H3,(H,16,17). The first-order valence-electron chi connectivity index (χ1n) is 7.24. The van der Waals surface area contributed by atoms with Crippen molar-refractivity contribution >= 4 is 5.97 Å². The zero-order valence-corrected chi connectivity index (χ0v) is 11.7. The molecule has 0 aliphatic heterocycles. The molecule has 4 heteroatoms. The highest BCUT2D eigenvalue weighted by Crippen LogP contribution is 2.23. The van der Waals surface area contributed by atoms with Gasteiger partial charge in [-0.25, -0.2) is 0 Å². The van der Waals surface area contributed by atoms with Crippen LogP contribution >= 0.6 is 0 Å². The molecule has 1 aliphatic carbocycles. The Hall–Kier alpha value is -0.610. The second-order valence-electron chi connectivity index (χ2n) is 5.19. The largest absolute Gasteiger partial charge is 0.480 e. The van der Waals surface area contributed by atoms with Gasteiger partial charge in [-0.15, -0.1) is 0 Å². The molecule has 1 atom stereocenters. The van der Waals surface area contributed by atoms with E-state index in [1.807, 2.05) is 6.92 Å². The van der Waals surface area contributed by atoms with Gasteiger partial charge in [0.2, 0.25) is 0 Å². The zero-order chi connectivity index (χ0) is 13.4. The first-order valence-corrected chi connectivity index (χ1v) is 7.24. The van der Waals surface area contributed by atoms with Crippen molar-refractivity contribution in [1.82, 2.24) is 5.32 Å². The summed E-state index contributed by atoms with van der Waals surface area (Å²) in [7, 11) is 0. The predicted molar refractivity (Wildman–Crippen MR) is 71.8 cm³/mol. The fourth-order valence-corrected chi connectivity index (χ4v) is 2.25. The Labute approximate surface area is 110 Å². The Balaban J connectivity index is 2.31. The predicted octanol–water partition coefficient (Wildman–Crippen LogP) is 2.57. The van der Waals surface area contributed by atoms with Crippen molar-refractivity contribution in [2.45, 2.75) is 70.4 Å². The van der Waals surface area contributed by atoms with Crippen LogP contribution in [0.25, 0.3) is 0 Å². The Bertz CT molecular complexity index is 253. The van der Waals surface area contributed by atoms with Gasteiger partial charge in [0.15, 0.2) is 0 Å². The van der Waals surface area contributed by atoms with Crippen LogP contribution in [0.3, 0.4) is 0 Å². The second-order valence-corrected chi connectivity index (χ2v) is 5.19. The first kappa shape index (κ1) is 15.4. The van der Waals surface area contributed by atoms with Crippen molar-refractivity contribution in [2.24, 2.45) is 0 Å². The van der Waals surface area contributed by atoms with Gasteiger partial charge in [0, 0.05) is 6.61 Å². The topological polar surface area (TPSA) is 58.6 Å². The van der Waals surface area contributed by atoms with Gasteiger partial charge >= 0.3 is 5.97 Å². The molecule has 0 aromatic rings. The number of carboxylic acid groups (broad SMARTS) is 1. The Morgan fingerprint density at radius 1 is 1.44 bits per heavy atom. The molecule has 1 rings (SSSR count). The van der Waals surface area contributed by atoms with Crippen molar-refractivity contribution < 1.29 is 14.6 Å². The van der Waals surface area contributed by atoms with Crippen LogP contribution in [0.4, 0.5) is 0 Å². The molecule has 2 N–H and O–H groups in total. The van der Waals surface area contributed by atoms with E-state index in [9.17, 15) is 9.90 Å². The summed E-state index contributed by atoms with van der Waals surface area (Å²) < 4.78 is 5.68. The second kappa shape index (κ2) is 7.74. The highest BCUT2D eigenvalue weighted by molar-refractivity contribution is 5.78. The van der Waals surface area contributed by atoms with Crippen LogP contribution in [-0.4, -0.2) is 35.9 Å². The van der Waals surface area contributed by atoms with Crippen LogP contribution in [0.1, 0.15) is 58.8 Å². The van der Waals surface area contributed by atoms with Gasteiger partial charge < -0.3 is 15.2 Å². The van der Waals surface area contributed by atoms with Gasteiger partial charge in [0.05, 0.1) is 6.10 Å². The molecule has 0 aromatic carbocycles. The average Bonchev–Trinajstić information content (AvgIpc) is 2.30. The van der Waals surface area contributed by atoms with E-state index in [1.54, 1.807) is 0 Å². The summed E-state index contributed by atoms with van der Waals surface area (Å²) >= 11 is 0. The summed E-state index contributed by atoms with van der Waals surface area (Å²) in [5.74, 6) is -0.734. The molecule has 106 valence electrons. The van der Waals surface area contributed by atoms with Crippen LogP contribution in [0.15, 0.2) is 0 Å². The summed E-state index contributed by atoms with van der Waals surface area (Å²) in [6, 6.07) is 0. The molecule has 1 aliphatic rings. The number of nitrogens with one attached hydrogen (secondary N) is 1. The van der Waals surface area contributed by atoms with E-state index in [-0.39, 0.29) is 0 Å². The zero-order valence-electron chi connectivity index (χ0n) is 11.7. The molecule has 0 aromatic heterocycles. The molecule has 1 fully saturated rings. The average molecular weight is 257 g/mol. The quantitative estimate of drug-likeness (QED) is 0.591. The van der Waals surface area contributed by atoms with Crippen LogP contribution in [-0.2, 0) is 9.53 Å². The molecular weight excluding hydrogens is 230 g/mol. The Morgan fingerprint density at radius 2 is 2.17 bits per heavy atom. The number of carbonyl (C=O) groups is 1. The Kier molecular flexibility index (Phi) is 6.65. The number of aliphatic carboxylic acids is 1. The smallest absolute Gasteiger partial charge is 0.323 e. The summed E-state index contributed by atoms with van der Waals surface area (Å²) in [6.45, 7) is 5.43. The fraction of sp³-hybridized carbons (Fsp3) is 0.929. The fourth-order valence-electron chi connectivity index (χ4n) is 2.25.